The summed E-state index contributed by atoms with van der Waals surface area (Å²) in [5.41, 5.74) is 6.68. The number of carbonyl (C=O) groups is 2. The Kier molecular flexibility index (Phi) is 10.1. The summed E-state index contributed by atoms with van der Waals surface area (Å²) in [5.74, 6) is -3.28. The maximum atomic E-state index is 10.6. The molecule has 0 spiro atoms. The molecule has 1 unspecified atom stereocenters. The van der Waals surface area contributed by atoms with Crippen molar-refractivity contribution in [3.05, 3.63) is 29.3 Å². The maximum absolute atomic E-state index is 10.6. The van der Waals surface area contributed by atoms with Crippen LogP contribution in [0.25, 0.3) is 0 Å². The average molecular weight is 267 g/mol. The van der Waals surface area contributed by atoms with Crippen LogP contribution in [-0.2, 0) is 16.0 Å². The van der Waals surface area contributed by atoms with Crippen LogP contribution in [0.3, 0.4) is 0 Å². The number of hydrogen-bond acceptors (Lipinski definition) is 5. The van der Waals surface area contributed by atoms with Gasteiger partial charge in [0.05, 0.1) is 0 Å². The van der Waals surface area contributed by atoms with Crippen molar-refractivity contribution in [3.63, 3.8) is 0 Å². The first-order chi connectivity index (χ1) is 7.41. The quantitative estimate of drug-likeness (QED) is 0.431. The number of anilines is 1. The van der Waals surface area contributed by atoms with E-state index in [2.05, 4.69) is 0 Å². The van der Waals surface area contributed by atoms with Crippen molar-refractivity contribution in [1.82, 2.24) is 0 Å². The molecule has 18 heavy (non-hydrogen) atoms. The van der Waals surface area contributed by atoms with Gasteiger partial charge >= 0.3 is 59.1 Å². The van der Waals surface area contributed by atoms with E-state index in [0.29, 0.717) is 16.8 Å². The second-order valence-electron chi connectivity index (χ2n) is 3.55. The standard InChI is InChI=1S/C11H13NO4.2Na/c1-6(11(15)16)7-2-3-9(12)8(4-7)5-10(13)14;;/h2-4,6H,5,12H2,1H3,(H,13,14)(H,15,16);;/q;2*+1/p-2. The normalized spacial score (nSPS) is 10.7. The molecule has 1 atom stereocenters. The van der Waals surface area contributed by atoms with E-state index in [0.717, 1.165) is 0 Å². The first-order valence-corrected chi connectivity index (χ1v) is 4.71. The van der Waals surface area contributed by atoms with E-state index in [1.807, 2.05) is 0 Å². The Bertz CT molecular complexity index is 437. The molecule has 1 rings (SSSR count). The first-order valence-electron chi connectivity index (χ1n) is 4.71. The van der Waals surface area contributed by atoms with E-state index in [1.54, 1.807) is 0 Å². The Morgan fingerprint density at radius 1 is 1.28 bits per heavy atom. The molecule has 0 saturated carbocycles. The zero-order valence-electron chi connectivity index (χ0n) is 10.7. The van der Waals surface area contributed by atoms with Gasteiger partial charge in [-0.15, -0.1) is 0 Å². The van der Waals surface area contributed by atoms with Gasteiger partial charge in [-0.1, -0.05) is 19.1 Å². The zero-order chi connectivity index (χ0) is 12.3. The molecule has 0 saturated heterocycles. The third-order valence-electron chi connectivity index (χ3n) is 2.36. The van der Waals surface area contributed by atoms with Crippen molar-refractivity contribution in [2.24, 2.45) is 0 Å². The molecule has 2 N–H and O–H groups in total. The number of benzene rings is 1. The van der Waals surface area contributed by atoms with Gasteiger partial charge in [-0.25, -0.2) is 0 Å². The molecule has 0 heterocycles. The molecule has 0 amide bonds. The molecule has 86 valence electrons. The van der Waals surface area contributed by atoms with Gasteiger partial charge in [0.1, 0.15) is 0 Å². The summed E-state index contributed by atoms with van der Waals surface area (Å²) in [7, 11) is 0. The van der Waals surface area contributed by atoms with Gasteiger partial charge in [0.15, 0.2) is 0 Å². The predicted octanol–water partition coefficient (Wildman–Crippen LogP) is -7.58. The Hall–Kier alpha value is -0.0400. The van der Waals surface area contributed by atoms with Gasteiger partial charge < -0.3 is 25.5 Å². The fourth-order valence-corrected chi connectivity index (χ4v) is 1.34. The van der Waals surface area contributed by atoms with Crippen LogP contribution in [0.5, 0.6) is 0 Å². The largest absolute Gasteiger partial charge is 1.00 e. The average Bonchev–Trinajstić information content (AvgIpc) is 2.19. The molecule has 0 bridgehead atoms. The molecule has 1 aromatic carbocycles. The van der Waals surface area contributed by atoms with Crippen LogP contribution in [-0.4, -0.2) is 11.9 Å². The van der Waals surface area contributed by atoms with Gasteiger partial charge in [0.25, 0.3) is 0 Å². The van der Waals surface area contributed by atoms with Crippen LogP contribution >= 0.6 is 0 Å². The van der Waals surface area contributed by atoms with E-state index < -0.39 is 17.9 Å². The third-order valence-corrected chi connectivity index (χ3v) is 2.36. The van der Waals surface area contributed by atoms with Gasteiger partial charge in [-0.2, -0.15) is 0 Å². The van der Waals surface area contributed by atoms with Gasteiger partial charge in [-0.05, 0) is 17.2 Å². The maximum Gasteiger partial charge on any atom is 1.00 e. The summed E-state index contributed by atoms with van der Waals surface area (Å²) in [4.78, 5) is 21.1. The predicted molar refractivity (Wildman–Crippen MR) is 53.0 cm³/mol. The van der Waals surface area contributed by atoms with E-state index in [9.17, 15) is 19.8 Å². The van der Waals surface area contributed by atoms with E-state index >= 15 is 0 Å². The monoisotopic (exact) mass is 267 g/mol. The molecular formula is C11H11NNa2O4. The van der Waals surface area contributed by atoms with Crippen molar-refractivity contribution in [1.29, 1.82) is 0 Å². The van der Waals surface area contributed by atoms with Crippen LogP contribution < -0.4 is 75.1 Å². The Balaban J connectivity index is 0. The molecule has 0 aliphatic rings. The topological polar surface area (TPSA) is 106 Å². The minimum atomic E-state index is -1.26. The van der Waals surface area contributed by atoms with E-state index in [1.165, 1.54) is 25.1 Å². The molecule has 7 heteroatoms. The fourth-order valence-electron chi connectivity index (χ4n) is 1.34. The number of carboxylic acids is 2. The van der Waals surface area contributed by atoms with Gasteiger partial charge in [0.2, 0.25) is 0 Å². The second kappa shape index (κ2) is 8.96. The third kappa shape index (κ3) is 5.73. The molecule has 1 aromatic rings. The summed E-state index contributed by atoms with van der Waals surface area (Å²) in [5, 5.41) is 21.1. The van der Waals surface area contributed by atoms with Crippen molar-refractivity contribution >= 4 is 17.6 Å². The van der Waals surface area contributed by atoms with Crippen molar-refractivity contribution < 1.29 is 78.9 Å². The number of carbonyl (C=O) groups excluding carboxylic acids is 2. The van der Waals surface area contributed by atoms with E-state index in [-0.39, 0.29) is 65.5 Å². The smallest absolute Gasteiger partial charge is 0.550 e. The van der Waals surface area contributed by atoms with Crippen LogP contribution in [0.4, 0.5) is 5.69 Å². The van der Waals surface area contributed by atoms with Crippen LogP contribution in [0.1, 0.15) is 24.0 Å². The SMILES string of the molecule is CC(C(=O)[O-])c1ccc(N)c(CC(=O)[O-])c1.[Na+].[Na+]. The summed E-state index contributed by atoms with van der Waals surface area (Å²) >= 11 is 0. The molecule has 0 fully saturated rings. The number of aliphatic carboxylic acids is 2. The van der Waals surface area contributed by atoms with Gasteiger partial charge in [0, 0.05) is 30.0 Å². The van der Waals surface area contributed by atoms with Gasteiger partial charge in [-0.3, -0.25) is 0 Å². The molecule has 0 aliphatic carbocycles. The molecule has 0 aliphatic heterocycles. The number of rotatable bonds is 4. The number of nitrogens with two attached hydrogens (primary N) is 1. The fraction of sp³-hybridized carbons (Fsp3) is 0.273. The zero-order valence-corrected chi connectivity index (χ0v) is 14.7. The van der Waals surface area contributed by atoms with Crippen molar-refractivity contribution in [2.75, 3.05) is 5.73 Å². The van der Waals surface area contributed by atoms with Crippen LogP contribution in [0.15, 0.2) is 18.2 Å². The molecule has 5 nitrogen and oxygen atoms in total. The van der Waals surface area contributed by atoms with Crippen molar-refractivity contribution in [2.45, 2.75) is 19.3 Å². The minimum absolute atomic E-state index is 0. The van der Waals surface area contributed by atoms with Crippen LogP contribution in [0, 0.1) is 0 Å². The van der Waals surface area contributed by atoms with Crippen molar-refractivity contribution in [3.8, 4) is 0 Å². The molecular weight excluding hydrogens is 256 g/mol. The molecule has 0 radical (unpaired) electrons. The number of nitrogen functional groups attached to an aromatic ring is 1. The Morgan fingerprint density at radius 3 is 2.28 bits per heavy atom. The summed E-state index contributed by atoms with van der Waals surface area (Å²) in [6.45, 7) is 1.46. The number of carboxylic acid groups (broad SMARTS) is 2. The Morgan fingerprint density at radius 2 is 1.83 bits per heavy atom. The molecule has 0 aromatic heterocycles. The first kappa shape index (κ1) is 20.3. The van der Waals surface area contributed by atoms with Crippen LogP contribution in [0.2, 0.25) is 0 Å². The summed E-state index contributed by atoms with van der Waals surface area (Å²) in [6.07, 6.45) is -0.334. The summed E-state index contributed by atoms with van der Waals surface area (Å²) in [6, 6.07) is 4.47. The second-order valence-corrected chi connectivity index (χ2v) is 3.55. The number of hydrogen-bond donors (Lipinski definition) is 1. The minimum Gasteiger partial charge on any atom is -0.550 e. The summed E-state index contributed by atoms with van der Waals surface area (Å²) < 4.78 is 0. The Labute approximate surface area is 149 Å². The van der Waals surface area contributed by atoms with E-state index in [4.69, 9.17) is 5.73 Å².